The zero-order valence-corrected chi connectivity index (χ0v) is 20.0. The van der Waals surface area contributed by atoms with Gasteiger partial charge in [-0.1, -0.05) is 19.1 Å². The van der Waals surface area contributed by atoms with E-state index in [1.807, 2.05) is 37.4 Å². The maximum atomic E-state index is 11.6. The molecule has 8 nitrogen and oxygen atoms in total. The third kappa shape index (κ3) is 5.56. The molecule has 1 saturated carbocycles. The van der Waals surface area contributed by atoms with E-state index in [2.05, 4.69) is 44.5 Å². The largest absolute Gasteiger partial charge is 0.354 e. The summed E-state index contributed by atoms with van der Waals surface area (Å²) >= 11 is 0. The van der Waals surface area contributed by atoms with Gasteiger partial charge in [-0.3, -0.25) is 9.69 Å². The minimum absolute atomic E-state index is 0.0147. The van der Waals surface area contributed by atoms with Crippen molar-refractivity contribution in [3.63, 3.8) is 0 Å². The molecule has 0 radical (unpaired) electrons. The second kappa shape index (κ2) is 9.85. The van der Waals surface area contributed by atoms with E-state index in [1.54, 1.807) is 0 Å². The van der Waals surface area contributed by atoms with Gasteiger partial charge in [-0.2, -0.15) is 0 Å². The number of nitrogens with one attached hydrogen (secondary N) is 3. The Morgan fingerprint density at radius 3 is 2.50 bits per heavy atom. The van der Waals surface area contributed by atoms with Gasteiger partial charge in [-0.05, 0) is 49.1 Å². The molecular formula is C26H33N7O. The van der Waals surface area contributed by atoms with Gasteiger partial charge in [0.1, 0.15) is 23.3 Å². The van der Waals surface area contributed by atoms with Crippen LogP contribution in [-0.2, 0) is 11.2 Å². The van der Waals surface area contributed by atoms with Crippen molar-refractivity contribution in [2.45, 2.75) is 45.6 Å². The van der Waals surface area contributed by atoms with Gasteiger partial charge in [0.05, 0.1) is 0 Å². The van der Waals surface area contributed by atoms with E-state index in [1.165, 1.54) is 18.4 Å². The predicted molar refractivity (Wildman–Crippen MR) is 136 cm³/mol. The highest BCUT2D eigenvalue weighted by Gasteiger charge is 2.31. The smallest absolute Gasteiger partial charge is 0.224 e. The van der Waals surface area contributed by atoms with Crippen molar-refractivity contribution in [2.75, 3.05) is 41.7 Å². The maximum Gasteiger partial charge on any atom is 0.224 e. The Hall–Kier alpha value is -3.39. The van der Waals surface area contributed by atoms with Crippen molar-refractivity contribution in [1.29, 1.82) is 0 Å². The number of carbonyl (C=O) groups is 1. The number of aromatic amines is 1. The van der Waals surface area contributed by atoms with Gasteiger partial charge in [-0.15, -0.1) is 0 Å². The van der Waals surface area contributed by atoms with Crippen LogP contribution in [0.25, 0.3) is 0 Å². The summed E-state index contributed by atoms with van der Waals surface area (Å²) in [6.45, 7) is 8.06. The number of carbonyl (C=O) groups excluding carboxylic acids is 1. The molecule has 0 spiro atoms. The van der Waals surface area contributed by atoms with E-state index in [0.717, 1.165) is 66.7 Å². The van der Waals surface area contributed by atoms with Crippen LogP contribution in [0.5, 0.6) is 0 Å². The lowest BCUT2D eigenvalue weighted by atomic mass is 10.1. The molecule has 3 heterocycles. The number of rotatable bonds is 8. The molecule has 3 N–H and O–H groups in total. The molecule has 1 saturated heterocycles. The van der Waals surface area contributed by atoms with Crippen LogP contribution >= 0.6 is 0 Å². The number of aryl methyl sites for hydroxylation is 1. The first-order chi connectivity index (χ1) is 16.6. The molecule has 0 unspecified atom stereocenters. The first-order valence-electron chi connectivity index (χ1n) is 12.2. The summed E-state index contributed by atoms with van der Waals surface area (Å²) in [6.07, 6.45) is 5.76. The lowest BCUT2D eigenvalue weighted by molar-refractivity contribution is -0.115. The fourth-order valence-electron chi connectivity index (χ4n) is 4.39. The molecule has 1 aliphatic carbocycles. The minimum Gasteiger partial charge on any atom is -0.354 e. The van der Waals surface area contributed by atoms with E-state index >= 15 is 0 Å². The topological polar surface area (TPSA) is 89.2 Å². The summed E-state index contributed by atoms with van der Waals surface area (Å²) in [6, 6.07) is 12.8. The lowest BCUT2D eigenvalue weighted by Crippen LogP contribution is -2.47. The molecule has 2 fully saturated rings. The summed E-state index contributed by atoms with van der Waals surface area (Å²) < 4.78 is 0. The van der Waals surface area contributed by atoms with Crippen LogP contribution in [0.15, 0.2) is 42.6 Å². The van der Waals surface area contributed by atoms with Gasteiger partial charge in [0.25, 0.3) is 0 Å². The Morgan fingerprint density at radius 2 is 1.85 bits per heavy atom. The average molecular weight is 460 g/mol. The number of hydrogen-bond donors (Lipinski definition) is 3. The predicted octanol–water partition coefficient (Wildman–Crippen LogP) is 4.08. The van der Waals surface area contributed by atoms with Gasteiger partial charge >= 0.3 is 0 Å². The first kappa shape index (κ1) is 22.4. The molecule has 178 valence electrons. The molecule has 2 aromatic heterocycles. The van der Waals surface area contributed by atoms with Crippen LogP contribution in [0.1, 0.15) is 43.1 Å². The molecule has 34 heavy (non-hydrogen) atoms. The number of benzene rings is 1. The SMILES string of the molecule is CCC(=O)Nc1ccc(Cc2nc(Nc3cc(C)c[nH]3)cc(N3CCN(C4CC4)CC3)n2)cc1. The number of anilines is 4. The third-order valence-electron chi connectivity index (χ3n) is 6.47. The Morgan fingerprint density at radius 1 is 1.09 bits per heavy atom. The highest BCUT2D eigenvalue weighted by atomic mass is 16.1. The number of H-pyrrole nitrogens is 1. The van der Waals surface area contributed by atoms with E-state index in [-0.39, 0.29) is 5.91 Å². The monoisotopic (exact) mass is 459 g/mol. The minimum atomic E-state index is 0.0147. The second-order valence-corrected chi connectivity index (χ2v) is 9.27. The fourth-order valence-corrected chi connectivity index (χ4v) is 4.39. The first-order valence-corrected chi connectivity index (χ1v) is 12.2. The van der Waals surface area contributed by atoms with Gasteiger partial charge in [-0.25, -0.2) is 9.97 Å². The molecule has 2 aliphatic rings. The van der Waals surface area contributed by atoms with Crippen LogP contribution in [0.3, 0.4) is 0 Å². The highest BCUT2D eigenvalue weighted by molar-refractivity contribution is 5.90. The zero-order valence-electron chi connectivity index (χ0n) is 20.0. The number of hydrogen-bond acceptors (Lipinski definition) is 6. The standard InChI is InChI=1S/C26H33N7O/c1-3-26(34)28-20-6-4-19(5-7-20)15-23-30-24(29-22-14-18(2)17-27-22)16-25(31-23)33-12-10-32(11-13-33)21-8-9-21/h4-7,14,16-17,21,27H,3,8-13,15H2,1-2H3,(H,28,34)(H,29,30,31). The van der Waals surface area contributed by atoms with Crippen molar-refractivity contribution in [3.05, 3.63) is 59.5 Å². The molecule has 3 aromatic rings. The molecular weight excluding hydrogens is 426 g/mol. The average Bonchev–Trinajstić information content (AvgIpc) is 3.62. The van der Waals surface area contributed by atoms with Crippen molar-refractivity contribution >= 4 is 29.0 Å². The summed E-state index contributed by atoms with van der Waals surface area (Å²) in [7, 11) is 0. The molecule has 8 heteroatoms. The quantitative estimate of drug-likeness (QED) is 0.470. The Bertz CT molecular complexity index is 1130. The Balaban J connectivity index is 1.35. The van der Waals surface area contributed by atoms with Crippen LogP contribution in [0.2, 0.25) is 0 Å². The van der Waals surface area contributed by atoms with Crippen LogP contribution in [0, 0.1) is 6.92 Å². The molecule has 0 bridgehead atoms. The molecule has 5 rings (SSSR count). The summed E-state index contributed by atoms with van der Waals surface area (Å²) in [5, 5.41) is 6.31. The molecule has 1 amide bonds. The van der Waals surface area contributed by atoms with E-state index in [4.69, 9.17) is 9.97 Å². The van der Waals surface area contributed by atoms with Crippen molar-refractivity contribution in [1.82, 2.24) is 19.9 Å². The van der Waals surface area contributed by atoms with Crippen LogP contribution in [0.4, 0.5) is 23.1 Å². The Labute approximate surface area is 200 Å². The van der Waals surface area contributed by atoms with Crippen molar-refractivity contribution in [2.24, 2.45) is 0 Å². The number of aromatic nitrogens is 3. The summed E-state index contributed by atoms with van der Waals surface area (Å²) in [4.78, 5) is 29.6. The maximum absolute atomic E-state index is 11.6. The second-order valence-electron chi connectivity index (χ2n) is 9.27. The number of amides is 1. The normalized spacial score (nSPS) is 16.5. The third-order valence-corrected chi connectivity index (χ3v) is 6.47. The van der Waals surface area contributed by atoms with Crippen molar-refractivity contribution in [3.8, 4) is 0 Å². The van der Waals surface area contributed by atoms with Gasteiger partial charge in [0.2, 0.25) is 5.91 Å². The molecule has 0 atom stereocenters. The molecule has 1 aromatic carbocycles. The molecule has 1 aliphatic heterocycles. The van der Waals surface area contributed by atoms with Crippen LogP contribution < -0.4 is 15.5 Å². The highest BCUT2D eigenvalue weighted by Crippen LogP contribution is 2.29. The number of piperazine rings is 1. The van der Waals surface area contributed by atoms with E-state index < -0.39 is 0 Å². The van der Waals surface area contributed by atoms with Gasteiger partial charge in [0.15, 0.2) is 0 Å². The van der Waals surface area contributed by atoms with Gasteiger partial charge < -0.3 is 20.5 Å². The fraction of sp³-hybridized carbons (Fsp3) is 0.423. The van der Waals surface area contributed by atoms with Crippen LogP contribution in [-0.4, -0.2) is 58.0 Å². The lowest BCUT2D eigenvalue weighted by Gasteiger charge is -2.35. The van der Waals surface area contributed by atoms with Gasteiger partial charge in [0, 0.05) is 63.0 Å². The van der Waals surface area contributed by atoms with E-state index in [0.29, 0.717) is 12.8 Å². The summed E-state index contributed by atoms with van der Waals surface area (Å²) in [5.74, 6) is 3.47. The van der Waals surface area contributed by atoms with E-state index in [9.17, 15) is 4.79 Å². The number of nitrogens with zero attached hydrogens (tertiary/aromatic N) is 4. The summed E-state index contributed by atoms with van der Waals surface area (Å²) in [5.41, 5.74) is 3.08. The Kier molecular flexibility index (Phi) is 6.49. The zero-order chi connectivity index (χ0) is 23.5. The van der Waals surface area contributed by atoms with Crippen molar-refractivity contribution < 1.29 is 4.79 Å².